The van der Waals surface area contributed by atoms with Crippen LogP contribution in [0.4, 0.5) is 5.69 Å². The number of aryl methyl sites for hydroxylation is 1. The van der Waals surface area contributed by atoms with Gasteiger partial charge in [0.25, 0.3) is 11.8 Å². The summed E-state index contributed by atoms with van der Waals surface area (Å²) in [6.07, 6.45) is 0. The number of nitrogens with zero attached hydrogens (tertiary/aromatic N) is 1. The van der Waals surface area contributed by atoms with Crippen LogP contribution >= 0.6 is 0 Å². The smallest absolute Gasteiger partial charge is 0.255 e. The Hall–Kier alpha value is -2.95. The van der Waals surface area contributed by atoms with Crippen LogP contribution in [0.2, 0.25) is 0 Å². The lowest BCUT2D eigenvalue weighted by molar-refractivity contribution is 0.0729. The van der Waals surface area contributed by atoms with Crippen LogP contribution in [0.3, 0.4) is 0 Å². The lowest BCUT2D eigenvalue weighted by atomic mass is 10.1. The molecular formula is C24H31N3O6S. The third kappa shape index (κ3) is 5.94. The first-order valence-electron chi connectivity index (χ1n) is 11.1. The molecule has 1 heterocycles. The summed E-state index contributed by atoms with van der Waals surface area (Å²) < 4.78 is 38.2. The second kappa shape index (κ2) is 11.0. The minimum atomic E-state index is -3.86. The summed E-state index contributed by atoms with van der Waals surface area (Å²) in [6, 6.07) is 9.30. The normalized spacial score (nSPS) is 14.6. The highest BCUT2D eigenvalue weighted by atomic mass is 32.2. The van der Waals surface area contributed by atoms with E-state index in [-0.39, 0.29) is 35.2 Å². The van der Waals surface area contributed by atoms with Crippen LogP contribution in [0.15, 0.2) is 41.3 Å². The average Bonchev–Trinajstić information content (AvgIpc) is 2.83. The summed E-state index contributed by atoms with van der Waals surface area (Å²) >= 11 is 0. The van der Waals surface area contributed by atoms with Crippen molar-refractivity contribution >= 4 is 27.5 Å². The maximum atomic E-state index is 13.2. The zero-order valence-corrected chi connectivity index (χ0v) is 20.7. The number of amides is 2. The van der Waals surface area contributed by atoms with Crippen LogP contribution in [0.25, 0.3) is 0 Å². The summed E-state index contributed by atoms with van der Waals surface area (Å²) in [4.78, 5) is 25.2. The molecule has 0 bridgehead atoms. The highest BCUT2D eigenvalue weighted by molar-refractivity contribution is 7.89. The number of anilines is 1. The highest BCUT2D eigenvalue weighted by Gasteiger charge is 2.30. The van der Waals surface area contributed by atoms with Gasteiger partial charge in [-0.15, -0.1) is 0 Å². The van der Waals surface area contributed by atoms with Crippen molar-refractivity contribution in [3.63, 3.8) is 0 Å². The summed E-state index contributed by atoms with van der Waals surface area (Å²) in [6.45, 7) is 7.48. The molecule has 0 unspecified atom stereocenters. The van der Waals surface area contributed by atoms with Gasteiger partial charge in [-0.25, -0.2) is 8.42 Å². The molecule has 184 valence electrons. The molecule has 1 aliphatic rings. The molecule has 0 aromatic heterocycles. The number of rotatable bonds is 8. The topological polar surface area (TPSA) is 114 Å². The molecule has 0 atom stereocenters. The van der Waals surface area contributed by atoms with Gasteiger partial charge in [0.15, 0.2) is 0 Å². The monoisotopic (exact) mass is 489 g/mol. The summed E-state index contributed by atoms with van der Waals surface area (Å²) in [5.74, 6) is -0.148. The summed E-state index contributed by atoms with van der Waals surface area (Å²) in [7, 11) is -2.48. The Bertz CT molecular complexity index is 1160. The molecule has 3 rings (SSSR count). The molecule has 2 aromatic rings. The zero-order valence-electron chi connectivity index (χ0n) is 19.9. The number of morpholine rings is 1. The van der Waals surface area contributed by atoms with E-state index >= 15 is 0 Å². The fourth-order valence-electron chi connectivity index (χ4n) is 3.48. The van der Waals surface area contributed by atoms with Crippen LogP contribution < -0.4 is 15.4 Å². The molecule has 34 heavy (non-hydrogen) atoms. The predicted molar refractivity (Wildman–Crippen MR) is 129 cm³/mol. The molecule has 1 saturated heterocycles. The molecule has 0 spiro atoms. The molecule has 9 nitrogen and oxygen atoms in total. The number of ether oxygens (including phenoxy) is 2. The van der Waals surface area contributed by atoms with Gasteiger partial charge in [-0.1, -0.05) is 13.8 Å². The van der Waals surface area contributed by atoms with Crippen molar-refractivity contribution in [2.45, 2.75) is 25.7 Å². The molecular weight excluding hydrogens is 458 g/mol. The van der Waals surface area contributed by atoms with Gasteiger partial charge in [0.1, 0.15) is 10.6 Å². The molecule has 2 aromatic carbocycles. The van der Waals surface area contributed by atoms with Crippen LogP contribution in [0.5, 0.6) is 5.75 Å². The number of carbonyl (C=O) groups excluding carboxylic acids is 2. The van der Waals surface area contributed by atoms with Gasteiger partial charge >= 0.3 is 0 Å². The van der Waals surface area contributed by atoms with E-state index in [0.717, 1.165) is 0 Å². The van der Waals surface area contributed by atoms with Gasteiger partial charge in [-0.3, -0.25) is 9.59 Å². The number of hydrogen-bond acceptors (Lipinski definition) is 6. The van der Waals surface area contributed by atoms with Gasteiger partial charge in [0.05, 0.1) is 20.3 Å². The minimum Gasteiger partial charge on any atom is -0.495 e. The SMILES string of the molecule is COc1ccc(C(=O)Nc2ccc(C(=O)NCC(C)C)cc2C)cc1S(=O)(=O)N1CCOCC1. The first-order chi connectivity index (χ1) is 16.1. The van der Waals surface area contributed by atoms with Crippen molar-refractivity contribution < 1.29 is 27.5 Å². The first-order valence-corrected chi connectivity index (χ1v) is 12.5. The zero-order chi connectivity index (χ0) is 24.9. The standard InChI is InChI=1S/C24H31N3O6S/c1-16(2)15-25-23(28)18-5-7-20(17(3)13-18)26-24(29)19-6-8-21(32-4)22(14-19)34(30,31)27-9-11-33-12-10-27/h5-8,13-14,16H,9-12,15H2,1-4H3,(H,25,28)(H,26,29). The van der Waals surface area contributed by atoms with Crippen molar-refractivity contribution in [3.8, 4) is 5.75 Å². The number of carbonyl (C=O) groups is 2. The van der Waals surface area contributed by atoms with Crippen molar-refractivity contribution in [3.05, 3.63) is 53.1 Å². The second-order valence-electron chi connectivity index (χ2n) is 8.47. The highest BCUT2D eigenvalue weighted by Crippen LogP contribution is 2.29. The van der Waals surface area contributed by atoms with Crippen LogP contribution in [-0.4, -0.2) is 64.5 Å². The van der Waals surface area contributed by atoms with Crippen molar-refractivity contribution in [2.24, 2.45) is 5.92 Å². The Kier molecular flexibility index (Phi) is 8.29. The van der Waals surface area contributed by atoms with Crippen LogP contribution in [-0.2, 0) is 14.8 Å². The van der Waals surface area contributed by atoms with Crippen LogP contribution in [0.1, 0.15) is 40.1 Å². The summed E-state index contributed by atoms with van der Waals surface area (Å²) in [5.41, 5.74) is 1.91. The number of sulfonamides is 1. The third-order valence-corrected chi connectivity index (χ3v) is 7.34. The van der Waals surface area contributed by atoms with Gasteiger partial charge in [0.2, 0.25) is 10.0 Å². The third-order valence-electron chi connectivity index (χ3n) is 5.42. The average molecular weight is 490 g/mol. The second-order valence-corrected chi connectivity index (χ2v) is 10.4. The maximum absolute atomic E-state index is 13.2. The predicted octanol–water partition coefficient (Wildman–Crippen LogP) is 2.66. The van der Waals surface area contributed by atoms with Crippen LogP contribution in [0, 0.1) is 12.8 Å². The van der Waals surface area contributed by atoms with E-state index < -0.39 is 15.9 Å². The Morgan fingerprint density at radius 1 is 1.06 bits per heavy atom. The molecule has 0 radical (unpaired) electrons. The Morgan fingerprint density at radius 2 is 1.71 bits per heavy atom. The van der Waals surface area contributed by atoms with E-state index in [1.807, 2.05) is 13.8 Å². The fraction of sp³-hybridized carbons (Fsp3) is 0.417. The lowest BCUT2D eigenvalue weighted by Crippen LogP contribution is -2.40. The maximum Gasteiger partial charge on any atom is 0.255 e. The molecule has 0 saturated carbocycles. The number of hydrogen-bond donors (Lipinski definition) is 2. The number of methoxy groups -OCH3 is 1. The largest absolute Gasteiger partial charge is 0.495 e. The van der Waals surface area contributed by atoms with E-state index in [1.54, 1.807) is 25.1 Å². The summed E-state index contributed by atoms with van der Waals surface area (Å²) in [5, 5.41) is 5.66. The van der Waals surface area contributed by atoms with Gasteiger partial charge in [-0.05, 0) is 54.8 Å². The van der Waals surface area contributed by atoms with Gasteiger partial charge < -0.3 is 20.1 Å². The molecule has 1 aliphatic heterocycles. The number of nitrogens with one attached hydrogen (secondary N) is 2. The molecule has 1 fully saturated rings. The van der Waals surface area contributed by atoms with E-state index in [9.17, 15) is 18.0 Å². The van der Waals surface area contributed by atoms with E-state index in [0.29, 0.717) is 42.5 Å². The Morgan fingerprint density at radius 3 is 2.32 bits per heavy atom. The fourth-order valence-corrected chi connectivity index (χ4v) is 5.07. The first kappa shape index (κ1) is 25.7. The van der Waals surface area contributed by atoms with E-state index in [2.05, 4.69) is 10.6 Å². The van der Waals surface area contributed by atoms with Crippen molar-refractivity contribution in [1.29, 1.82) is 0 Å². The van der Waals surface area contributed by atoms with E-state index in [1.165, 1.54) is 29.6 Å². The molecule has 2 N–H and O–H groups in total. The van der Waals surface area contributed by atoms with E-state index in [4.69, 9.17) is 9.47 Å². The minimum absolute atomic E-state index is 0.0709. The van der Waals surface area contributed by atoms with Gasteiger partial charge in [-0.2, -0.15) is 4.31 Å². The molecule has 2 amide bonds. The van der Waals surface area contributed by atoms with Crippen molar-refractivity contribution in [2.75, 3.05) is 45.3 Å². The number of benzene rings is 2. The Balaban J connectivity index is 1.81. The van der Waals surface area contributed by atoms with Crippen molar-refractivity contribution in [1.82, 2.24) is 9.62 Å². The quantitative estimate of drug-likeness (QED) is 0.589. The van der Waals surface area contributed by atoms with Gasteiger partial charge in [0, 0.05) is 36.4 Å². The lowest BCUT2D eigenvalue weighted by Gasteiger charge is -2.26. The Labute approximate surface area is 200 Å². The molecule has 10 heteroatoms. The molecule has 0 aliphatic carbocycles.